The molecule has 4 nitrogen and oxygen atoms in total. The predicted molar refractivity (Wildman–Crippen MR) is 80.6 cm³/mol. The summed E-state index contributed by atoms with van der Waals surface area (Å²) in [5.41, 5.74) is 1.11. The molecule has 1 aliphatic carbocycles. The highest BCUT2D eigenvalue weighted by Gasteiger charge is 2.27. The first-order chi connectivity index (χ1) is 9.58. The van der Waals surface area contributed by atoms with Crippen LogP contribution < -0.4 is 5.32 Å². The highest BCUT2D eigenvalue weighted by Crippen LogP contribution is 2.39. The molecule has 0 aliphatic heterocycles. The molecule has 0 radical (unpaired) electrons. The molecule has 1 aliphatic rings. The Morgan fingerprint density at radius 3 is 2.80 bits per heavy atom. The van der Waals surface area contributed by atoms with Gasteiger partial charge in [-0.05, 0) is 36.3 Å². The van der Waals surface area contributed by atoms with Crippen molar-refractivity contribution < 1.29 is 14.7 Å². The number of carbonyl (C=O) groups is 2. The van der Waals surface area contributed by atoms with E-state index in [9.17, 15) is 14.7 Å². The topological polar surface area (TPSA) is 66.4 Å². The zero-order chi connectivity index (χ0) is 14.3. The highest BCUT2D eigenvalue weighted by molar-refractivity contribution is 7.17. The van der Waals surface area contributed by atoms with Gasteiger partial charge in [0.2, 0.25) is 0 Å². The molecule has 1 amide bonds. The highest BCUT2D eigenvalue weighted by atomic mass is 35.5. The molecule has 2 N–H and O–H groups in total. The summed E-state index contributed by atoms with van der Waals surface area (Å²) in [6, 6.07) is 1.65. The molecular formula is C13H10ClNO3S2. The van der Waals surface area contributed by atoms with Crippen LogP contribution in [0.1, 0.15) is 36.9 Å². The normalized spacial score (nSPS) is 13.2. The van der Waals surface area contributed by atoms with Crippen molar-refractivity contribution in [3.8, 4) is 0 Å². The second-order valence-corrected chi connectivity index (χ2v) is 6.85. The number of carboxylic acids is 1. The number of thiophene rings is 2. The minimum absolute atomic E-state index is 0.239. The second-order valence-electron chi connectivity index (χ2n) is 4.42. The van der Waals surface area contributed by atoms with E-state index in [2.05, 4.69) is 5.32 Å². The molecule has 2 heterocycles. The first-order valence-electron chi connectivity index (χ1n) is 6.00. The molecule has 0 atom stereocenters. The fourth-order valence-electron chi connectivity index (χ4n) is 2.33. The quantitative estimate of drug-likeness (QED) is 0.898. The van der Waals surface area contributed by atoms with Crippen molar-refractivity contribution in [2.24, 2.45) is 0 Å². The molecule has 0 bridgehead atoms. The molecule has 0 unspecified atom stereocenters. The summed E-state index contributed by atoms with van der Waals surface area (Å²) in [6.45, 7) is 0. The summed E-state index contributed by atoms with van der Waals surface area (Å²) in [7, 11) is 0. The van der Waals surface area contributed by atoms with E-state index in [-0.39, 0.29) is 11.5 Å². The van der Waals surface area contributed by atoms with Crippen LogP contribution in [0.4, 0.5) is 5.00 Å². The molecule has 0 saturated carbocycles. The number of rotatable bonds is 3. The van der Waals surface area contributed by atoms with E-state index in [4.69, 9.17) is 11.6 Å². The van der Waals surface area contributed by atoms with E-state index in [1.54, 1.807) is 11.4 Å². The van der Waals surface area contributed by atoms with Gasteiger partial charge in [0.15, 0.2) is 0 Å². The van der Waals surface area contributed by atoms with Crippen LogP contribution in [0.25, 0.3) is 0 Å². The van der Waals surface area contributed by atoms with Gasteiger partial charge < -0.3 is 10.4 Å². The van der Waals surface area contributed by atoms with Gasteiger partial charge in [-0.3, -0.25) is 4.79 Å². The van der Waals surface area contributed by atoms with Gasteiger partial charge in [-0.2, -0.15) is 0 Å². The summed E-state index contributed by atoms with van der Waals surface area (Å²) in [6.07, 6.45) is 2.63. The van der Waals surface area contributed by atoms with Crippen LogP contribution >= 0.6 is 34.3 Å². The minimum atomic E-state index is -0.989. The average molecular weight is 328 g/mol. The smallest absolute Gasteiger partial charge is 0.339 e. The lowest BCUT2D eigenvalue weighted by Crippen LogP contribution is -2.13. The predicted octanol–water partition coefficient (Wildman–Crippen LogP) is 3.90. The van der Waals surface area contributed by atoms with Gasteiger partial charge in [0.1, 0.15) is 9.88 Å². The van der Waals surface area contributed by atoms with Crippen molar-refractivity contribution in [1.82, 2.24) is 0 Å². The van der Waals surface area contributed by atoms with Gasteiger partial charge in [0.25, 0.3) is 5.91 Å². The number of hydrogen-bond donors (Lipinski definition) is 2. The summed E-state index contributed by atoms with van der Waals surface area (Å²) in [5.74, 6) is -1.34. The second kappa shape index (κ2) is 5.20. The monoisotopic (exact) mass is 327 g/mol. The number of aryl methyl sites for hydroxylation is 1. The molecular weight excluding hydrogens is 318 g/mol. The number of hydrogen-bond acceptors (Lipinski definition) is 4. The number of carboxylic acid groups (broad SMARTS) is 1. The van der Waals surface area contributed by atoms with E-state index in [0.29, 0.717) is 14.9 Å². The Morgan fingerprint density at radius 1 is 1.35 bits per heavy atom. The van der Waals surface area contributed by atoms with Crippen LogP contribution in [0.15, 0.2) is 11.4 Å². The van der Waals surface area contributed by atoms with E-state index < -0.39 is 5.97 Å². The number of fused-ring (bicyclic) bond motifs is 1. The Kier molecular flexibility index (Phi) is 3.54. The zero-order valence-corrected chi connectivity index (χ0v) is 12.6. The summed E-state index contributed by atoms with van der Waals surface area (Å²) in [4.78, 5) is 25.0. The van der Waals surface area contributed by atoms with E-state index in [1.165, 1.54) is 22.7 Å². The Labute approximate surface area is 128 Å². The Balaban J connectivity index is 1.94. The van der Waals surface area contributed by atoms with Crippen molar-refractivity contribution in [1.29, 1.82) is 0 Å². The van der Waals surface area contributed by atoms with Crippen LogP contribution in [0.5, 0.6) is 0 Å². The molecule has 2 aromatic heterocycles. The lowest BCUT2D eigenvalue weighted by atomic mass is 10.1. The van der Waals surface area contributed by atoms with Crippen molar-refractivity contribution in [2.75, 3.05) is 5.32 Å². The third kappa shape index (κ3) is 2.24. The van der Waals surface area contributed by atoms with Crippen LogP contribution in [0.3, 0.4) is 0 Å². The molecule has 3 rings (SSSR count). The number of halogens is 1. The third-order valence-corrected chi connectivity index (χ3v) is 5.73. The number of anilines is 1. The SMILES string of the molecule is O=C(Nc1sc2c(c1C(=O)O)CCC2)c1sccc1Cl. The molecule has 0 spiro atoms. The minimum Gasteiger partial charge on any atom is -0.478 e. The summed E-state index contributed by atoms with van der Waals surface area (Å²) < 4.78 is 0. The average Bonchev–Trinajstić information content (AvgIpc) is 3.03. The Morgan fingerprint density at radius 2 is 2.15 bits per heavy atom. The van der Waals surface area contributed by atoms with E-state index in [0.717, 1.165) is 29.7 Å². The third-order valence-electron chi connectivity index (χ3n) is 3.19. The molecule has 7 heteroatoms. The Hall–Kier alpha value is -1.37. The van der Waals surface area contributed by atoms with Gasteiger partial charge in [-0.25, -0.2) is 4.79 Å². The molecule has 0 aromatic carbocycles. The maximum Gasteiger partial charge on any atom is 0.339 e. The van der Waals surface area contributed by atoms with Crippen molar-refractivity contribution in [2.45, 2.75) is 19.3 Å². The number of carbonyl (C=O) groups excluding carboxylic acids is 1. The first kappa shape index (κ1) is 13.6. The Bertz CT molecular complexity index is 705. The summed E-state index contributed by atoms with van der Waals surface area (Å²) in [5, 5.41) is 14.6. The lowest BCUT2D eigenvalue weighted by Gasteiger charge is -2.04. The fourth-order valence-corrected chi connectivity index (χ4v) is 4.65. The zero-order valence-electron chi connectivity index (χ0n) is 10.2. The van der Waals surface area contributed by atoms with E-state index in [1.807, 2.05) is 0 Å². The molecule has 104 valence electrons. The molecule has 20 heavy (non-hydrogen) atoms. The van der Waals surface area contributed by atoms with Crippen molar-refractivity contribution >= 4 is 51.2 Å². The van der Waals surface area contributed by atoms with E-state index >= 15 is 0 Å². The number of aromatic carboxylic acids is 1. The van der Waals surface area contributed by atoms with Crippen molar-refractivity contribution in [3.05, 3.63) is 37.4 Å². The van der Waals surface area contributed by atoms with Gasteiger partial charge in [-0.15, -0.1) is 22.7 Å². The van der Waals surface area contributed by atoms with Crippen molar-refractivity contribution in [3.63, 3.8) is 0 Å². The van der Waals surface area contributed by atoms with Gasteiger partial charge in [0.05, 0.1) is 10.6 Å². The number of amides is 1. The van der Waals surface area contributed by atoms with Crippen LogP contribution in [0.2, 0.25) is 5.02 Å². The summed E-state index contributed by atoms with van der Waals surface area (Å²) >= 11 is 8.51. The van der Waals surface area contributed by atoms with Gasteiger partial charge in [-0.1, -0.05) is 11.6 Å². The molecule has 0 fully saturated rings. The number of nitrogens with one attached hydrogen (secondary N) is 1. The first-order valence-corrected chi connectivity index (χ1v) is 8.07. The van der Waals surface area contributed by atoms with Crippen LogP contribution in [-0.2, 0) is 12.8 Å². The lowest BCUT2D eigenvalue weighted by molar-refractivity contribution is 0.0697. The maximum absolute atomic E-state index is 12.1. The maximum atomic E-state index is 12.1. The van der Waals surface area contributed by atoms with Crippen LogP contribution in [-0.4, -0.2) is 17.0 Å². The largest absolute Gasteiger partial charge is 0.478 e. The standard InChI is InChI=1S/C13H10ClNO3S2/c14-7-4-5-19-10(7)11(16)15-12-9(13(17)18)6-2-1-3-8(6)20-12/h4-5H,1-3H2,(H,15,16)(H,17,18). The fraction of sp³-hybridized carbons (Fsp3) is 0.231. The van der Waals surface area contributed by atoms with Crippen LogP contribution in [0, 0.1) is 0 Å². The molecule has 0 saturated heterocycles. The van der Waals surface area contributed by atoms with Gasteiger partial charge in [0, 0.05) is 4.88 Å². The molecule has 2 aromatic rings. The van der Waals surface area contributed by atoms with Gasteiger partial charge >= 0.3 is 5.97 Å².